The molecule has 0 amide bonds. The predicted molar refractivity (Wildman–Crippen MR) is 96.3 cm³/mol. The second-order valence-electron chi connectivity index (χ2n) is 5.83. The molecular weight excluding hydrogens is 407 g/mol. The highest BCUT2D eigenvalue weighted by molar-refractivity contribution is 7.87. The third-order valence-electron chi connectivity index (χ3n) is 2.87. The van der Waals surface area contributed by atoms with E-state index in [9.17, 15) is 13.0 Å². The van der Waals surface area contributed by atoms with Gasteiger partial charge in [0.25, 0.3) is 10.1 Å². The van der Waals surface area contributed by atoms with Gasteiger partial charge in [-0.25, -0.2) is 9.78 Å². The van der Waals surface area contributed by atoms with Crippen molar-refractivity contribution in [1.82, 2.24) is 0 Å². The van der Waals surface area contributed by atoms with Crippen LogP contribution in [0.3, 0.4) is 0 Å². The highest BCUT2D eigenvalue weighted by atomic mass is 35.5. The molecule has 0 heterocycles. The molecule has 26 heavy (non-hydrogen) atoms. The zero-order chi connectivity index (χ0) is 20.0. The molecule has 0 fully saturated rings. The lowest BCUT2D eigenvalue weighted by Gasteiger charge is -2.18. The standard InChI is InChI=1S/C15H24ClO8PS/c1-6-20-23-25(17,24-22-12(4)5)10-21-26(18,19)15-13(11(2)3)8-7-9-14(15)16/h7-9,11-12H,6,10H2,1-5H3. The number of rotatable bonds is 11. The Bertz CT molecular complexity index is 735. The number of halogens is 1. The van der Waals surface area contributed by atoms with Crippen LogP contribution in [-0.2, 0) is 38.0 Å². The summed E-state index contributed by atoms with van der Waals surface area (Å²) in [5, 5.41) is -0.00360. The molecule has 0 aliphatic carbocycles. The zero-order valence-electron chi connectivity index (χ0n) is 15.3. The molecule has 0 aromatic heterocycles. The van der Waals surface area contributed by atoms with E-state index in [4.69, 9.17) is 25.3 Å². The number of hydrogen-bond acceptors (Lipinski definition) is 8. The van der Waals surface area contributed by atoms with E-state index in [1.165, 1.54) is 6.07 Å². The van der Waals surface area contributed by atoms with E-state index < -0.39 is 30.2 Å². The Kier molecular flexibility index (Phi) is 9.18. The van der Waals surface area contributed by atoms with Gasteiger partial charge in [-0.3, -0.25) is 8.75 Å². The summed E-state index contributed by atoms with van der Waals surface area (Å²) in [7, 11) is -8.49. The largest absolute Gasteiger partial charge is 0.411 e. The molecule has 1 unspecified atom stereocenters. The van der Waals surface area contributed by atoms with E-state index in [2.05, 4.69) is 9.56 Å². The molecule has 0 aliphatic heterocycles. The van der Waals surface area contributed by atoms with Crippen LogP contribution in [0.2, 0.25) is 5.02 Å². The van der Waals surface area contributed by atoms with Crippen LogP contribution in [0.1, 0.15) is 46.1 Å². The first-order valence-corrected chi connectivity index (χ1v) is 11.5. The fraction of sp³-hybridized carbons (Fsp3) is 0.600. The van der Waals surface area contributed by atoms with Crippen LogP contribution in [0.25, 0.3) is 0 Å². The van der Waals surface area contributed by atoms with Crippen LogP contribution in [0.15, 0.2) is 23.1 Å². The molecule has 1 atom stereocenters. The molecule has 150 valence electrons. The van der Waals surface area contributed by atoms with Crippen LogP contribution >= 0.6 is 19.2 Å². The first-order chi connectivity index (χ1) is 12.0. The summed E-state index contributed by atoms with van der Waals surface area (Å²) in [4.78, 5) is 9.22. The Labute approximate surface area is 159 Å². The molecule has 11 heteroatoms. The van der Waals surface area contributed by atoms with Gasteiger partial charge in [0, 0.05) is 0 Å². The van der Waals surface area contributed by atoms with Crippen molar-refractivity contribution in [2.45, 2.75) is 51.5 Å². The predicted octanol–water partition coefficient (Wildman–Crippen LogP) is 4.64. The summed E-state index contributed by atoms with van der Waals surface area (Å²) in [6.45, 7) is 8.52. The van der Waals surface area contributed by atoms with Gasteiger partial charge in [0.2, 0.25) is 0 Å². The fourth-order valence-corrected chi connectivity index (χ4v) is 5.01. The Morgan fingerprint density at radius 1 is 1.15 bits per heavy atom. The minimum atomic E-state index is -4.34. The Balaban J connectivity index is 3.06. The summed E-state index contributed by atoms with van der Waals surface area (Å²) in [5.74, 6) is -0.130. The second-order valence-corrected chi connectivity index (χ2v) is 9.56. The third-order valence-corrected chi connectivity index (χ3v) is 5.95. The molecule has 8 nitrogen and oxygen atoms in total. The van der Waals surface area contributed by atoms with Crippen LogP contribution in [-0.4, -0.2) is 27.5 Å². The molecule has 0 spiro atoms. The molecule has 0 N–H and O–H groups in total. The van der Waals surface area contributed by atoms with Crippen molar-refractivity contribution in [3.05, 3.63) is 28.8 Å². The highest BCUT2D eigenvalue weighted by Gasteiger charge is 2.34. The maximum atomic E-state index is 12.6. The van der Waals surface area contributed by atoms with Gasteiger partial charge < -0.3 is 0 Å². The van der Waals surface area contributed by atoms with Crippen LogP contribution in [0.4, 0.5) is 0 Å². The summed E-state index contributed by atoms with van der Waals surface area (Å²) in [5.41, 5.74) is 0.470. The van der Waals surface area contributed by atoms with E-state index in [0.717, 1.165) is 0 Å². The van der Waals surface area contributed by atoms with Crippen molar-refractivity contribution >= 4 is 29.3 Å². The average molecular weight is 431 g/mol. The van der Waals surface area contributed by atoms with E-state index in [1.807, 2.05) is 13.8 Å². The summed E-state index contributed by atoms with van der Waals surface area (Å²) < 4.78 is 52.0. The van der Waals surface area contributed by atoms with Gasteiger partial charge in [-0.15, -0.1) is 9.35 Å². The second kappa shape index (κ2) is 10.1. The Morgan fingerprint density at radius 2 is 1.81 bits per heavy atom. The van der Waals surface area contributed by atoms with E-state index in [-0.39, 0.29) is 22.4 Å². The molecule has 1 aromatic carbocycles. The lowest BCUT2D eigenvalue weighted by molar-refractivity contribution is -0.280. The Hall–Kier alpha value is -0.510. The normalized spacial score (nSPS) is 14.8. The van der Waals surface area contributed by atoms with Crippen molar-refractivity contribution in [1.29, 1.82) is 0 Å². The Morgan fingerprint density at radius 3 is 2.35 bits per heavy atom. The maximum absolute atomic E-state index is 12.6. The molecule has 0 saturated carbocycles. The van der Waals surface area contributed by atoms with Gasteiger partial charge in [0.15, 0.2) is 6.35 Å². The highest BCUT2D eigenvalue weighted by Crippen LogP contribution is 2.49. The van der Waals surface area contributed by atoms with Gasteiger partial charge in [0.05, 0.1) is 17.7 Å². The number of benzene rings is 1. The van der Waals surface area contributed by atoms with Gasteiger partial charge in [-0.2, -0.15) is 8.42 Å². The molecule has 1 aromatic rings. The van der Waals surface area contributed by atoms with Crippen LogP contribution in [0, 0.1) is 0 Å². The van der Waals surface area contributed by atoms with Crippen LogP contribution in [0.5, 0.6) is 0 Å². The average Bonchev–Trinajstić information content (AvgIpc) is 2.56. The van der Waals surface area contributed by atoms with Crippen molar-refractivity contribution in [2.24, 2.45) is 0 Å². The maximum Gasteiger partial charge on any atom is 0.411 e. The van der Waals surface area contributed by atoms with Gasteiger partial charge in [-0.05, 0) is 38.3 Å². The lowest BCUT2D eigenvalue weighted by Crippen LogP contribution is -2.14. The summed E-state index contributed by atoms with van der Waals surface area (Å²) in [6, 6.07) is 4.69. The fourth-order valence-electron chi connectivity index (χ4n) is 1.78. The minimum Gasteiger partial charge on any atom is -0.253 e. The minimum absolute atomic E-state index is 0.00360. The molecule has 0 aliphatic rings. The van der Waals surface area contributed by atoms with Crippen molar-refractivity contribution in [3.8, 4) is 0 Å². The van der Waals surface area contributed by atoms with Crippen molar-refractivity contribution in [3.63, 3.8) is 0 Å². The first kappa shape index (κ1) is 23.5. The lowest BCUT2D eigenvalue weighted by atomic mass is 10.0. The SMILES string of the molecule is CCOOP(=O)(COS(=O)(=O)c1c(Cl)cccc1C(C)C)OOC(C)C. The van der Waals surface area contributed by atoms with E-state index in [1.54, 1.807) is 32.9 Å². The van der Waals surface area contributed by atoms with Gasteiger partial charge >= 0.3 is 7.60 Å². The quantitative estimate of drug-likeness (QED) is 0.217. The first-order valence-electron chi connectivity index (χ1n) is 7.95. The van der Waals surface area contributed by atoms with Gasteiger partial charge in [0.1, 0.15) is 4.90 Å². The van der Waals surface area contributed by atoms with Crippen molar-refractivity contribution < 1.29 is 36.3 Å². The third kappa shape index (κ3) is 6.90. The zero-order valence-corrected chi connectivity index (χ0v) is 17.8. The summed E-state index contributed by atoms with van der Waals surface area (Å²) in [6.07, 6.45) is -1.38. The summed E-state index contributed by atoms with van der Waals surface area (Å²) >= 11 is 6.05. The van der Waals surface area contributed by atoms with Crippen molar-refractivity contribution in [2.75, 3.05) is 13.0 Å². The smallest absolute Gasteiger partial charge is 0.253 e. The molecule has 0 bridgehead atoms. The van der Waals surface area contributed by atoms with Crippen LogP contribution < -0.4 is 0 Å². The van der Waals surface area contributed by atoms with E-state index in [0.29, 0.717) is 5.56 Å². The molecule has 0 saturated heterocycles. The molecule has 0 radical (unpaired) electrons. The molecular formula is C15H24ClO8PS. The molecule has 1 rings (SSSR count). The van der Waals surface area contributed by atoms with E-state index >= 15 is 0 Å². The topological polar surface area (TPSA) is 97.4 Å². The monoisotopic (exact) mass is 430 g/mol. The van der Waals surface area contributed by atoms with Gasteiger partial charge in [-0.1, -0.05) is 37.6 Å². The number of hydrogen-bond donors (Lipinski definition) is 0.